The zero-order valence-electron chi connectivity index (χ0n) is 18.2. The summed E-state index contributed by atoms with van der Waals surface area (Å²) in [4.78, 5) is 30.8. The molecule has 1 fully saturated rings. The number of rotatable bonds is 7. The Labute approximate surface area is 192 Å². The fraction of sp³-hybridized carbons (Fsp3) is 0.280. The quantitative estimate of drug-likeness (QED) is 0.578. The maximum Gasteiger partial charge on any atom is 0.261 e. The van der Waals surface area contributed by atoms with Gasteiger partial charge < -0.3 is 15.5 Å². The van der Waals surface area contributed by atoms with Crippen molar-refractivity contribution in [2.75, 3.05) is 42.9 Å². The van der Waals surface area contributed by atoms with Crippen molar-refractivity contribution in [1.29, 1.82) is 0 Å². The van der Waals surface area contributed by atoms with Crippen LogP contribution in [0.1, 0.15) is 20.1 Å². The number of benzene rings is 2. The smallest absolute Gasteiger partial charge is 0.261 e. The van der Waals surface area contributed by atoms with Crippen LogP contribution in [0.15, 0.2) is 66.7 Å². The normalized spacial score (nSPS) is 14.2. The van der Waals surface area contributed by atoms with Gasteiger partial charge in [0.05, 0.1) is 11.4 Å². The van der Waals surface area contributed by atoms with E-state index in [0.717, 1.165) is 49.0 Å². The molecule has 1 saturated heterocycles. The average molecular weight is 449 g/mol. The Morgan fingerprint density at radius 1 is 0.906 bits per heavy atom. The van der Waals surface area contributed by atoms with Gasteiger partial charge >= 0.3 is 0 Å². The summed E-state index contributed by atoms with van der Waals surface area (Å²) < 4.78 is 0. The van der Waals surface area contributed by atoms with Gasteiger partial charge in [-0.1, -0.05) is 30.3 Å². The Morgan fingerprint density at radius 3 is 2.28 bits per heavy atom. The van der Waals surface area contributed by atoms with Crippen molar-refractivity contribution in [3.05, 3.63) is 82.0 Å². The first-order valence-corrected chi connectivity index (χ1v) is 11.6. The predicted molar refractivity (Wildman–Crippen MR) is 130 cm³/mol. The number of hydrogen-bond acceptors (Lipinski definition) is 5. The van der Waals surface area contributed by atoms with Gasteiger partial charge in [0, 0.05) is 49.0 Å². The topological polar surface area (TPSA) is 64.7 Å². The monoisotopic (exact) mass is 448 g/mol. The number of carbonyl (C=O) groups is 2. The van der Waals surface area contributed by atoms with E-state index in [1.54, 1.807) is 6.07 Å². The summed E-state index contributed by atoms with van der Waals surface area (Å²) in [7, 11) is 0. The van der Waals surface area contributed by atoms with Crippen LogP contribution in [0.25, 0.3) is 0 Å². The molecular formula is C25H28N4O2S. The minimum atomic E-state index is -0.242. The summed E-state index contributed by atoms with van der Waals surface area (Å²) in [6.45, 7) is 6.89. The molecule has 4 rings (SSSR count). The molecular weight excluding hydrogens is 420 g/mol. The van der Waals surface area contributed by atoms with E-state index in [0.29, 0.717) is 4.88 Å². The van der Waals surface area contributed by atoms with Crippen molar-refractivity contribution in [1.82, 2.24) is 10.2 Å². The van der Waals surface area contributed by atoms with E-state index in [1.165, 1.54) is 16.9 Å². The van der Waals surface area contributed by atoms with Gasteiger partial charge in [0.15, 0.2) is 0 Å². The molecule has 1 aliphatic rings. The minimum absolute atomic E-state index is 0.0547. The molecule has 2 aromatic carbocycles. The number of aryl methyl sites for hydroxylation is 1. The number of carbonyl (C=O) groups excluding carboxylic acids is 2. The third kappa shape index (κ3) is 5.96. The van der Waals surface area contributed by atoms with Crippen LogP contribution < -0.4 is 15.5 Å². The summed E-state index contributed by atoms with van der Waals surface area (Å²) in [5.74, 6) is -0.464. The Kier molecular flexibility index (Phi) is 7.19. The lowest BCUT2D eigenvalue weighted by atomic mass is 10.2. The molecule has 6 nitrogen and oxygen atoms in total. The van der Waals surface area contributed by atoms with Gasteiger partial charge in [-0.05, 0) is 48.9 Å². The number of nitrogens with one attached hydrogen (secondary N) is 2. The number of nitrogens with zero attached hydrogens (tertiary/aromatic N) is 2. The molecule has 0 aliphatic carbocycles. The van der Waals surface area contributed by atoms with E-state index < -0.39 is 0 Å². The SMILES string of the molecule is Cc1ccc(C(=O)NCC(=O)Nc2ccc(N3CCN(Cc4ccccc4)CC3)cc2)s1. The second-order valence-corrected chi connectivity index (χ2v) is 9.22. The van der Waals surface area contributed by atoms with Crippen LogP contribution in [0.4, 0.5) is 11.4 Å². The van der Waals surface area contributed by atoms with Gasteiger partial charge in [-0.3, -0.25) is 14.5 Å². The average Bonchev–Trinajstić information content (AvgIpc) is 3.26. The molecule has 32 heavy (non-hydrogen) atoms. The van der Waals surface area contributed by atoms with Gasteiger partial charge in [0.25, 0.3) is 5.91 Å². The van der Waals surface area contributed by atoms with E-state index in [9.17, 15) is 9.59 Å². The Bertz CT molecular complexity index is 1040. The van der Waals surface area contributed by atoms with Crippen molar-refractivity contribution in [2.45, 2.75) is 13.5 Å². The predicted octanol–water partition coefficient (Wildman–Crippen LogP) is 3.75. The highest BCUT2D eigenvalue weighted by Crippen LogP contribution is 2.20. The standard InChI is InChI=1S/C25H28N4O2S/c1-19-7-12-23(32-19)25(31)26-17-24(30)27-21-8-10-22(11-9-21)29-15-13-28(14-16-29)18-20-5-3-2-4-6-20/h2-12H,13-18H2,1H3,(H,26,31)(H,27,30). The Balaban J connectivity index is 1.22. The van der Waals surface area contributed by atoms with Crippen LogP contribution in [0.2, 0.25) is 0 Å². The number of anilines is 2. The molecule has 0 spiro atoms. The maximum atomic E-state index is 12.2. The summed E-state index contributed by atoms with van der Waals surface area (Å²) in [5, 5.41) is 5.50. The first-order valence-electron chi connectivity index (χ1n) is 10.8. The van der Waals surface area contributed by atoms with E-state index in [2.05, 4.69) is 50.8 Å². The number of piperazine rings is 1. The Hall–Kier alpha value is -3.16. The molecule has 7 heteroatoms. The van der Waals surface area contributed by atoms with E-state index in [4.69, 9.17) is 0 Å². The van der Waals surface area contributed by atoms with Gasteiger partial charge in [0.1, 0.15) is 0 Å². The second kappa shape index (κ2) is 10.4. The zero-order chi connectivity index (χ0) is 22.3. The molecule has 1 aliphatic heterocycles. The van der Waals surface area contributed by atoms with Crippen LogP contribution in [0, 0.1) is 6.92 Å². The first-order chi connectivity index (χ1) is 15.6. The number of amides is 2. The van der Waals surface area contributed by atoms with Crippen molar-refractivity contribution >= 4 is 34.5 Å². The third-order valence-corrected chi connectivity index (χ3v) is 6.51. The summed E-state index contributed by atoms with van der Waals surface area (Å²) in [6.07, 6.45) is 0. The highest BCUT2D eigenvalue weighted by molar-refractivity contribution is 7.13. The van der Waals surface area contributed by atoms with Crippen LogP contribution >= 0.6 is 11.3 Å². The van der Waals surface area contributed by atoms with E-state index in [1.807, 2.05) is 37.3 Å². The molecule has 3 aromatic rings. The van der Waals surface area contributed by atoms with Gasteiger partial charge in [-0.2, -0.15) is 0 Å². The molecule has 2 amide bonds. The van der Waals surface area contributed by atoms with Gasteiger partial charge in [-0.25, -0.2) is 0 Å². The Morgan fingerprint density at radius 2 is 1.62 bits per heavy atom. The fourth-order valence-electron chi connectivity index (χ4n) is 3.77. The zero-order valence-corrected chi connectivity index (χ0v) is 19.0. The van der Waals surface area contributed by atoms with Crippen molar-refractivity contribution in [3.8, 4) is 0 Å². The van der Waals surface area contributed by atoms with Crippen molar-refractivity contribution in [2.24, 2.45) is 0 Å². The van der Waals surface area contributed by atoms with Crippen LogP contribution in [0.5, 0.6) is 0 Å². The van der Waals surface area contributed by atoms with Crippen LogP contribution in [-0.2, 0) is 11.3 Å². The van der Waals surface area contributed by atoms with Crippen molar-refractivity contribution in [3.63, 3.8) is 0 Å². The lowest BCUT2D eigenvalue weighted by Crippen LogP contribution is -2.45. The lowest BCUT2D eigenvalue weighted by molar-refractivity contribution is -0.115. The fourth-order valence-corrected chi connectivity index (χ4v) is 4.55. The molecule has 0 saturated carbocycles. The first kappa shape index (κ1) is 22.0. The molecule has 2 N–H and O–H groups in total. The maximum absolute atomic E-state index is 12.2. The summed E-state index contributed by atoms with van der Waals surface area (Å²) >= 11 is 1.42. The van der Waals surface area contributed by atoms with Crippen LogP contribution in [0.3, 0.4) is 0 Å². The molecule has 0 radical (unpaired) electrons. The molecule has 1 aromatic heterocycles. The molecule has 0 atom stereocenters. The highest BCUT2D eigenvalue weighted by atomic mass is 32.1. The van der Waals surface area contributed by atoms with E-state index in [-0.39, 0.29) is 18.4 Å². The van der Waals surface area contributed by atoms with Gasteiger partial charge in [-0.15, -0.1) is 11.3 Å². The molecule has 2 heterocycles. The highest BCUT2D eigenvalue weighted by Gasteiger charge is 2.17. The summed E-state index contributed by atoms with van der Waals surface area (Å²) in [5.41, 5.74) is 3.23. The minimum Gasteiger partial charge on any atom is -0.369 e. The molecule has 0 bridgehead atoms. The van der Waals surface area contributed by atoms with E-state index >= 15 is 0 Å². The second-order valence-electron chi connectivity index (χ2n) is 7.94. The number of thiophene rings is 1. The van der Waals surface area contributed by atoms with Crippen LogP contribution in [-0.4, -0.2) is 49.4 Å². The third-order valence-electron chi connectivity index (χ3n) is 5.51. The molecule has 0 unspecified atom stereocenters. The summed E-state index contributed by atoms with van der Waals surface area (Å²) in [6, 6.07) is 22.1. The largest absolute Gasteiger partial charge is 0.369 e. The van der Waals surface area contributed by atoms with Gasteiger partial charge in [0.2, 0.25) is 5.91 Å². The molecule has 166 valence electrons. The lowest BCUT2D eigenvalue weighted by Gasteiger charge is -2.36. The number of hydrogen-bond donors (Lipinski definition) is 2. The van der Waals surface area contributed by atoms with Crippen molar-refractivity contribution < 1.29 is 9.59 Å².